The van der Waals surface area contributed by atoms with Gasteiger partial charge in [0, 0.05) is 19.3 Å². The largest absolute Gasteiger partial charge is 0.462 e. The minimum absolute atomic E-state index is 0.0789. The van der Waals surface area contributed by atoms with E-state index >= 15 is 0 Å². The van der Waals surface area contributed by atoms with Crippen molar-refractivity contribution in [2.24, 2.45) is 0 Å². The molecule has 1 unspecified atom stereocenters. The summed E-state index contributed by atoms with van der Waals surface area (Å²) >= 11 is 0. The lowest BCUT2D eigenvalue weighted by Gasteiger charge is -2.18. The van der Waals surface area contributed by atoms with Gasteiger partial charge in [-0.15, -0.1) is 0 Å². The first kappa shape index (κ1) is 67.4. The molecule has 0 aromatic rings. The zero-order valence-corrected chi connectivity index (χ0v) is 46.8. The second-order valence-electron chi connectivity index (χ2n) is 20.6. The monoisotopic (exact) mass is 981 g/mol. The Morgan fingerprint density at radius 1 is 0.286 bits per heavy atom. The standard InChI is InChI=1S/C64H116O6/c1-4-7-10-13-16-19-22-25-27-29-31-32-34-35-37-39-42-45-48-51-54-57-63(66)69-60-61(59-68-62(65)56-53-50-47-44-41-24-21-18-15-12-9-6-3)70-64(67)58-55-52-49-46-43-40-38-36-33-30-28-26-23-20-17-14-11-8-5-2/h18,21-22,25,29,31,34-35,61H,4-17,19-20,23-24,26-28,30,32-33,36-60H2,1-3H3/b21-18-,25-22-,31-29-,35-34-. The Morgan fingerprint density at radius 2 is 0.514 bits per heavy atom. The van der Waals surface area contributed by atoms with Gasteiger partial charge >= 0.3 is 17.9 Å². The molecule has 0 aliphatic heterocycles. The van der Waals surface area contributed by atoms with Crippen LogP contribution >= 0.6 is 0 Å². The second kappa shape index (κ2) is 58.9. The van der Waals surface area contributed by atoms with Gasteiger partial charge in [0.15, 0.2) is 6.10 Å². The number of allylic oxidation sites excluding steroid dienone is 8. The van der Waals surface area contributed by atoms with Gasteiger partial charge in [-0.1, -0.05) is 268 Å². The van der Waals surface area contributed by atoms with Gasteiger partial charge in [0.1, 0.15) is 13.2 Å². The highest BCUT2D eigenvalue weighted by Crippen LogP contribution is 2.17. The third-order valence-electron chi connectivity index (χ3n) is 13.6. The minimum atomic E-state index is -0.780. The topological polar surface area (TPSA) is 78.9 Å². The maximum absolute atomic E-state index is 12.9. The van der Waals surface area contributed by atoms with E-state index in [2.05, 4.69) is 69.4 Å². The van der Waals surface area contributed by atoms with Crippen LogP contribution in [0, 0.1) is 0 Å². The summed E-state index contributed by atoms with van der Waals surface area (Å²) in [5.74, 6) is -0.882. The van der Waals surface area contributed by atoms with Gasteiger partial charge in [0.2, 0.25) is 0 Å². The highest BCUT2D eigenvalue weighted by molar-refractivity contribution is 5.71. The van der Waals surface area contributed by atoms with Gasteiger partial charge in [-0.2, -0.15) is 0 Å². The van der Waals surface area contributed by atoms with Crippen molar-refractivity contribution >= 4 is 17.9 Å². The summed E-state index contributed by atoms with van der Waals surface area (Å²) < 4.78 is 16.9. The molecule has 1 atom stereocenters. The zero-order chi connectivity index (χ0) is 50.7. The molecule has 0 N–H and O–H groups in total. The van der Waals surface area contributed by atoms with Crippen molar-refractivity contribution < 1.29 is 28.6 Å². The first-order chi connectivity index (χ1) is 34.5. The second-order valence-corrected chi connectivity index (χ2v) is 20.6. The van der Waals surface area contributed by atoms with Crippen LogP contribution in [0.15, 0.2) is 48.6 Å². The van der Waals surface area contributed by atoms with Crippen LogP contribution in [-0.2, 0) is 28.6 Å². The first-order valence-corrected chi connectivity index (χ1v) is 30.6. The van der Waals surface area contributed by atoms with Crippen molar-refractivity contribution in [1.82, 2.24) is 0 Å². The SMILES string of the molecule is CCCCC/C=C\CCCCCCCC(=O)OCC(COC(=O)CCCCCCCC/C=C\C/C=C\C/C=C\CCCCCCC)OC(=O)CCCCCCCCCCCCCCCCCCCCC. The van der Waals surface area contributed by atoms with E-state index in [0.717, 1.165) is 83.5 Å². The molecule has 0 bridgehead atoms. The van der Waals surface area contributed by atoms with Crippen molar-refractivity contribution in [1.29, 1.82) is 0 Å². The van der Waals surface area contributed by atoms with E-state index in [9.17, 15) is 14.4 Å². The van der Waals surface area contributed by atoms with Gasteiger partial charge < -0.3 is 14.2 Å². The maximum Gasteiger partial charge on any atom is 0.306 e. The molecule has 0 aromatic heterocycles. The van der Waals surface area contributed by atoms with Crippen LogP contribution in [0.2, 0.25) is 0 Å². The van der Waals surface area contributed by atoms with Gasteiger partial charge in [0.25, 0.3) is 0 Å². The molecule has 0 saturated carbocycles. The molecule has 0 aliphatic carbocycles. The van der Waals surface area contributed by atoms with Crippen LogP contribution in [0.1, 0.15) is 323 Å². The van der Waals surface area contributed by atoms with Crippen LogP contribution in [-0.4, -0.2) is 37.2 Å². The predicted octanol–water partition coefficient (Wildman–Crippen LogP) is 20.6. The molecule has 0 amide bonds. The summed E-state index contributed by atoms with van der Waals surface area (Å²) in [4.78, 5) is 38.2. The Bertz CT molecular complexity index is 1220. The van der Waals surface area contributed by atoms with E-state index in [1.807, 2.05) is 0 Å². The van der Waals surface area contributed by atoms with E-state index in [1.54, 1.807) is 0 Å². The summed E-state index contributed by atoms with van der Waals surface area (Å²) in [6.07, 6.45) is 72.5. The predicted molar refractivity (Wildman–Crippen MR) is 302 cm³/mol. The number of carbonyl (C=O) groups is 3. The van der Waals surface area contributed by atoms with E-state index < -0.39 is 6.10 Å². The lowest BCUT2D eigenvalue weighted by atomic mass is 10.0. The lowest BCUT2D eigenvalue weighted by Crippen LogP contribution is -2.30. The molecule has 0 heterocycles. The molecular formula is C64H116O6. The Hall–Kier alpha value is -2.63. The molecule has 6 nitrogen and oxygen atoms in total. The third kappa shape index (κ3) is 56.3. The fourth-order valence-corrected chi connectivity index (χ4v) is 8.92. The lowest BCUT2D eigenvalue weighted by molar-refractivity contribution is -0.167. The number of ether oxygens (including phenoxy) is 3. The van der Waals surface area contributed by atoms with Crippen molar-refractivity contribution in [3.05, 3.63) is 48.6 Å². The molecule has 0 saturated heterocycles. The fraction of sp³-hybridized carbons (Fsp3) is 0.828. The smallest absolute Gasteiger partial charge is 0.306 e. The summed E-state index contributed by atoms with van der Waals surface area (Å²) in [6, 6.07) is 0. The fourth-order valence-electron chi connectivity index (χ4n) is 8.92. The van der Waals surface area contributed by atoms with E-state index in [0.29, 0.717) is 19.3 Å². The zero-order valence-electron chi connectivity index (χ0n) is 46.8. The van der Waals surface area contributed by atoms with Crippen molar-refractivity contribution in [3.63, 3.8) is 0 Å². The van der Waals surface area contributed by atoms with Crippen LogP contribution in [0.3, 0.4) is 0 Å². The Kier molecular flexibility index (Phi) is 56.7. The number of hydrogen-bond acceptors (Lipinski definition) is 6. The number of esters is 3. The average Bonchev–Trinajstić information content (AvgIpc) is 3.36. The molecular weight excluding hydrogens is 865 g/mol. The summed E-state index contributed by atoms with van der Waals surface area (Å²) in [5.41, 5.74) is 0. The van der Waals surface area contributed by atoms with Crippen LogP contribution in [0.4, 0.5) is 0 Å². The van der Waals surface area contributed by atoms with Crippen LogP contribution in [0.25, 0.3) is 0 Å². The van der Waals surface area contributed by atoms with Gasteiger partial charge in [-0.25, -0.2) is 0 Å². The van der Waals surface area contributed by atoms with Crippen LogP contribution < -0.4 is 0 Å². The highest BCUT2D eigenvalue weighted by Gasteiger charge is 2.19. The van der Waals surface area contributed by atoms with E-state index in [-0.39, 0.29) is 31.1 Å². The molecule has 0 spiro atoms. The van der Waals surface area contributed by atoms with Crippen molar-refractivity contribution in [2.45, 2.75) is 329 Å². The third-order valence-corrected chi connectivity index (χ3v) is 13.6. The molecule has 408 valence electrons. The summed E-state index contributed by atoms with van der Waals surface area (Å²) in [6.45, 7) is 6.63. The van der Waals surface area contributed by atoms with E-state index in [1.165, 1.54) is 199 Å². The summed E-state index contributed by atoms with van der Waals surface area (Å²) in [5, 5.41) is 0. The van der Waals surface area contributed by atoms with Crippen molar-refractivity contribution in [3.8, 4) is 0 Å². The highest BCUT2D eigenvalue weighted by atomic mass is 16.6. The molecule has 0 aliphatic rings. The van der Waals surface area contributed by atoms with E-state index in [4.69, 9.17) is 14.2 Å². The molecule has 0 aromatic carbocycles. The molecule has 0 radical (unpaired) electrons. The first-order valence-electron chi connectivity index (χ1n) is 30.6. The van der Waals surface area contributed by atoms with Crippen molar-refractivity contribution in [2.75, 3.05) is 13.2 Å². The average molecular weight is 982 g/mol. The maximum atomic E-state index is 12.9. The van der Waals surface area contributed by atoms with Crippen LogP contribution in [0.5, 0.6) is 0 Å². The number of rotatable bonds is 56. The Morgan fingerprint density at radius 3 is 0.843 bits per heavy atom. The summed E-state index contributed by atoms with van der Waals surface area (Å²) in [7, 11) is 0. The number of unbranched alkanes of at least 4 members (excludes halogenated alkanes) is 37. The normalized spacial score (nSPS) is 12.3. The molecule has 70 heavy (non-hydrogen) atoms. The molecule has 6 heteroatoms. The number of carbonyl (C=O) groups excluding carboxylic acids is 3. The molecule has 0 rings (SSSR count). The Balaban J connectivity index is 4.33. The van der Waals surface area contributed by atoms with Gasteiger partial charge in [-0.3, -0.25) is 14.4 Å². The quantitative estimate of drug-likeness (QED) is 0.0261. The number of hydrogen-bond donors (Lipinski definition) is 0. The molecule has 0 fully saturated rings. The van der Waals surface area contributed by atoms with Gasteiger partial charge in [0.05, 0.1) is 0 Å². The Labute approximate surface area is 435 Å². The minimum Gasteiger partial charge on any atom is -0.462 e. The van der Waals surface area contributed by atoms with Gasteiger partial charge in [-0.05, 0) is 83.5 Å².